The Hall–Kier alpha value is 0.530. The number of rotatable bonds is 6. The molecule has 1 heteroatoms. The molecule has 0 radical (unpaired) electrons. The summed E-state index contributed by atoms with van der Waals surface area (Å²) in [5.74, 6) is 0. The summed E-state index contributed by atoms with van der Waals surface area (Å²) < 4.78 is 3.04. The van der Waals surface area contributed by atoms with Gasteiger partial charge in [-0.1, -0.05) is 0 Å². The molecule has 0 heterocycles. The van der Waals surface area contributed by atoms with Crippen molar-refractivity contribution in [1.82, 2.24) is 0 Å². The second-order valence-corrected chi connectivity index (χ2v) is 6.13. The van der Waals surface area contributed by atoms with Crippen LogP contribution in [-0.2, 0) is 0 Å². The second kappa shape index (κ2) is 7.63. The van der Waals surface area contributed by atoms with Crippen LogP contribution in [-0.4, -0.2) is 20.9 Å². The van der Waals surface area contributed by atoms with E-state index in [1.165, 1.54) is 30.2 Å². The Morgan fingerprint density at radius 1 is 1.30 bits per heavy atom. The molecular formula is C9H18Te. The number of hydrogen-bond acceptors (Lipinski definition) is 0. The minimum atomic E-state index is 0.192. The summed E-state index contributed by atoms with van der Waals surface area (Å²) in [6.45, 7) is 8.57. The summed E-state index contributed by atoms with van der Waals surface area (Å²) >= 11 is 0.192. The van der Waals surface area contributed by atoms with Crippen molar-refractivity contribution < 1.29 is 0 Å². The summed E-state index contributed by atoms with van der Waals surface area (Å²) in [6, 6.07) is 0. The molecule has 0 amide bonds. The molecule has 60 valence electrons. The van der Waals surface area contributed by atoms with Crippen LogP contribution in [0.15, 0.2) is 10.2 Å². The van der Waals surface area contributed by atoms with Gasteiger partial charge in [0, 0.05) is 0 Å². The number of hydrogen-bond donors (Lipinski definition) is 0. The monoisotopic (exact) mass is 256 g/mol. The first-order chi connectivity index (χ1) is 4.81. The van der Waals surface area contributed by atoms with Crippen molar-refractivity contribution in [3.8, 4) is 0 Å². The molecule has 0 unspecified atom stereocenters. The predicted octanol–water partition coefficient (Wildman–Crippen LogP) is 3.22. The van der Waals surface area contributed by atoms with Crippen LogP contribution in [0.2, 0.25) is 4.47 Å². The van der Waals surface area contributed by atoms with Crippen molar-refractivity contribution in [2.45, 2.75) is 44.0 Å². The average molecular weight is 254 g/mol. The van der Waals surface area contributed by atoms with Crippen molar-refractivity contribution in [2.24, 2.45) is 0 Å². The zero-order chi connectivity index (χ0) is 7.82. The van der Waals surface area contributed by atoms with Crippen LogP contribution in [0.5, 0.6) is 0 Å². The molecule has 0 spiro atoms. The fourth-order valence-electron chi connectivity index (χ4n) is 0.712. The zero-order valence-electron chi connectivity index (χ0n) is 7.15. The Balaban J connectivity index is 3.05. The van der Waals surface area contributed by atoms with E-state index in [4.69, 9.17) is 0 Å². The first kappa shape index (κ1) is 10.5. The van der Waals surface area contributed by atoms with Crippen molar-refractivity contribution in [3.05, 3.63) is 10.2 Å². The standard InChI is InChI=1S/C9H18Te/c1-4-6-8-10-9(3)7-5-2/h3-8H2,1-2H3. The Labute approximate surface area is 75.2 Å². The fourth-order valence-corrected chi connectivity index (χ4v) is 3.77. The molecule has 0 aromatic carbocycles. The molecule has 0 rings (SSSR count). The van der Waals surface area contributed by atoms with Gasteiger partial charge in [0.1, 0.15) is 0 Å². The first-order valence-corrected chi connectivity index (χ1v) is 6.93. The maximum absolute atomic E-state index is 4.07. The molecular weight excluding hydrogens is 236 g/mol. The molecule has 0 aliphatic heterocycles. The fraction of sp³-hybridized carbons (Fsp3) is 0.778. The molecule has 0 nitrogen and oxygen atoms in total. The Kier molecular flexibility index (Phi) is 8.04. The van der Waals surface area contributed by atoms with Gasteiger partial charge in [-0.15, -0.1) is 0 Å². The van der Waals surface area contributed by atoms with E-state index in [-0.39, 0.29) is 20.9 Å². The van der Waals surface area contributed by atoms with E-state index < -0.39 is 0 Å². The summed E-state index contributed by atoms with van der Waals surface area (Å²) in [4.78, 5) is 0. The summed E-state index contributed by atoms with van der Waals surface area (Å²) in [5.41, 5.74) is 0. The minimum absolute atomic E-state index is 0.192. The molecule has 0 aliphatic carbocycles. The van der Waals surface area contributed by atoms with Crippen LogP contribution >= 0.6 is 0 Å². The molecule has 0 aromatic rings. The van der Waals surface area contributed by atoms with Crippen molar-refractivity contribution in [2.75, 3.05) is 0 Å². The van der Waals surface area contributed by atoms with E-state index in [9.17, 15) is 0 Å². The summed E-state index contributed by atoms with van der Waals surface area (Å²) in [7, 11) is 0. The van der Waals surface area contributed by atoms with Crippen LogP contribution in [0.25, 0.3) is 0 Å². The quantitative estimate of drug-likeness (QED) is 0.504. The molecule has 10 heavy (non-hydrogen) atoms. The van der Waals surface area contributed by atoms with Gasteiger partial charge in [-0.2, -0.15) is 0 Å². The van der Waals surface area contributed by atoms with Gasteiger partial charge in [-0.25, -0.2) is 0 Å². The van der Waals surface area contributed by atoms with E-state index in [1.807, 2.05) is 0 Å². The maximum atomic E-state index is 4.07. The predicted molar refractivity (Wildman–Crippen MR) is 49.5 cm³/mol. The molecule has 0 bridgehead atoms. The van der Waals surface area contributed by atoms with Crippen LogP contribution in [0, 0.1) is 0 Å². The summed E-state index contributed by atoms with van der Waals surface area (Å²) in [5, 5.41) is 0. The third kappa shape index (κ3) is 6.65. The molecule has 0 saturated heterocycles. The Morgan fingerprint density at radius 3 is 2.50 bits per heavy atom. The number of unbranched alkanes of at least 4 members (excludes halogenated alkanes) is 1. The van der Waals surface area contributed by atoms with Gasteiger partial charge in [0.05, 0.1) is 0 Å². The van der Waals surface area contributed by atoms with Crippen molar-refractivity contribution >= 4 is 20.9 Å². The van der Waals surface area contributed by atoms with Crippen LogP contribution < -0.4 is 0 Å². The summed E-state index contributed by atoms with van der Waals surface area (Å²) in [6.07, 6.45) is 5.34. The van der Waals surface area contributed by atoms with Gasteiger partial charge in [0.15, 0.2) is 0 Å². The average Bonchev–Trinajstić information content (AvgIpc) is 1.89. The third-order valence-electron chi connectivity index (χ3n) is 1.33. The van der Waals surface area contributed by atoms with Gasteiger partial charge < -0.3 is 0 Å². The van der Waals surface area contributed by atoms with E-state index in [0.717, 1.165) is 0 Å². The zero-order valence-corrected chi connectivity index (χ0v) is 9.48. The van der Waals surface area contributed by atoms with Gasteiger partial charge in [0.25, 0.3) is 0 Å². The first-order valence-electron chi connectivity index (χ1n) is 4.11. The Morgan fingerprint density at radius 2 is 2.00 bits per heavy atom. The van der Waals surface area contributed by atoms with Gasteiger partial charge in [0.2, 0.25) is 0 Å². The molecule has 0 N–H and O–H groups in total. The van der Waals surface area contributed by atoms with E-state index in [2.05, 4.69) is 20.4 Å². The second-order valence-electron chi connectivity index (χ2n) is 2.49. The van der Waals surface area contributed by atoms with Crippen LogP contribution in [0.3, 0.4) is 0 Å². The van der Waals surface area contributed by atoms with Gasteiger partial charge in [-0.3, -0.25) is 0 Å². The third-order valence-corrected chi connectivity index (χ3v) is 4.49. The van der Waals surface area contributed by atoms with E-state index in [0.29, 0.717) is 0 Å². The van der Waals surface area contributed by atoms with Crippen molar-refractivity contribution in [3.63, 3.8) is 0 Å². The molecule has 0 saturated carbocycles. The van der Waals surface area contributed by atoms with Crippen molar-refractivity contribution in [1.29, 1.82) is 0 Å². The molecule has 0 fully saturated rings. The number of allylic oxidation sites excluding steroid dienone is 1. The van der Waals surface area contributed by atoms with Gasteiger partial charge >= 0.3 is 75.1 Å². The SMILES string of the molecule is C=C(CCC)[Te]CCCC. The molecule has 0 atom stereocenters. The van der Waals surface area contributed by atoms with E-state index >= 15 is 0 Å². The molecule has 0 aromatic heterocycles. The Bertz CT molecular complexity index is 86.7. The topological polar surface area (TPSA) is 0 Å². The normalized spacial score (nSPS) is 9.80. The van der Waals surface area contributed by atoms with E-state index in [1.54, 1.807) is 3.62 Å². The van der Waals surface area contributed by atoms with Crippen LogP contribution in [0.1, 0.15) is 39.5 Å². The van der Waals surface area contributed by atoms with Crippen LogP contribution in [0.4, 0.5) is 0 Å². The molecule has 0 aliphatic rings. The van der Waals surface area contributed by atoms with Gasteiger partial charge in [-0.05, 0) is 0 Å².